The first-order valence-electron chi connectivity index (χ1n) is 6.35. The number of nitrogen functional groups attached to an aromatic ring is 1. The largest absolute Gasteiger partial charge is 0.396 e. The molecule has 19 heavy (non-hydrogen) atoms. The van der Waals surface area contributed by atoms with E-state index in [9.17, 15) is 4.79 Å². The molecule has 6 nitrogen and oxygen atoms in total. The van der Waals surface area contributed by atoms with Crippen molar-refractivity contribution in [1.29, 1.82) is 0 Å². The monoisotopic (exact) mass is 264 g/mol. The van der Waals surface area contributed by atoms with Gasteiger partial charge in [-0.05, 0) is 36.8 Å². The van der Waals surface area contributed by atoms with E-state index in [0.29, 0.717) is 11.5 Å². The van der Waals surface area contributed by atoms with Crippen LogP contribution in [0.2, 0.25) is 0 Å². The molecule has 0 bridgehead atoms. The quantitative estimate of drug-likeness (QED) is 0.681. The van der Waals surface area contributed by atoms with Crippen LogP contribution in [0.1, 0.15) is 29.8 Å². The van der Waals surface area contributed by atoms with Gasteiger partial charge in [-0.15, -0.1) is 0 Å². The van der Waals surface area contributed by atoms with Crippen LogP contribution >= 0.6 is 0 Å². The van der Waals surface area contributed by atoms with Gasteiger partial charge in [-0.2, -0.15) is 0 Å². The molecule has 0 atom stereocenters. The zero-order valence-corrected chi connectivity index (χ0v) is 11.1. The van der Waals surface area contributed by atoms with Crippen LogP contribution in [0.15, 0.2) is 12.1 Å². The Bertz CT molecular complexity index is 472. The molecule has 1 fully saturated rings. The minimum Gasteiger partial charge on any atom is -0.396 e. The first kappa shape index (κ1) is 13.6. The van der Waals surface area contributed by atoms with Gasteiger partial charge in [0.25, 0.3) is 5.91 Å². The summed E-state index contributed by atoms with van der Waals surface area (Å²) in [7, 11) is 1.71. The number of pyridine rings is 1. The van der Waals surface area contributed by atoms with Crippen LogP contribution in [0.4, 0.5) is 11.5 Å². The topological polar surface area (TPSA) is 103 Å². The molecule has 0 saturated heterocycles. The van der Waals surface area contributed by atoms with Crippen LogP contribution in [-0.2, 0) is 4.74 Å². The highest BCUT2D eigenvalue weighted by molar-refractivity contribution is 5.91. The van der Waals surface area contributed by atoms with Gasteiger partial charge in [0.1, 0.15) is 11.5 Å². The maximum absolute atomic E-state index is 11.1. The number of primary amides is 1. The van der Waals surface area contributed by atoms with Crippen molar-refractivity contribution in [2.24, 2.45) is 11.1 Å². The molecule has 104 valence electrons. The Labute approximate surface area is 112 Å². The summed E-state index contributed by atoms with van der Waals surface area (Å²) in [6, 6.07) is 3.17. The number of aromatic nitrogens is 1. The van der Waals surface area contributed by atoms with Gasteiger partial charge in [0.05, 0.1) is 5.69 Å². The Kier molecular flexibility index (Phi) is 3.90. The number of amides is 1. The molecule has 2 rings (SSSR count). The third-order valence-corrected chi connectivity index (χ3v) is 3.60. The van der Waals surface area contributed by atoms with E-state index in [1.807, 2.05) is 0 Å². The standard InChI is InChI=1S/C13H20N4O2/c1-19-7-6-13(4-5-13)8-16-12-9(14)2-3-10(17-12)11(15)18/h2-3H,4-8,14H2,1H3,(H2,15,18)(H,16,17). The van der Waals surface area contributed by atoms with Gasteiger partial charge >= 0.3 is 0 Å². The molecule has 1 heterocycles. The van der Waals surface area contributed by atoms with E-state index in [1.54, 1.807) is 13.2 Å². The zero-order valence-electron chi connectivity index (χ0n) is 11.1. The van der Waals surface area contributed by atoms with Crippen molar-refractivity contribution >= 4 is 17.4 Å². The molecule has 1 amide bonds. The number of hydrogen-bond donors (Lipinski definition) is 3. The van der Waals surface area contributed by atoms with E-state index in [1.165, 1.54) is 18.9 Å². The Morgan fingerprint density at radius 3 is 2.84 bits per heavy atom. The number of anilines is 2. The van der Waals surface area contributed by atoms with Gasteiger partial charge in [-0.3, -0.25) is 4.79 Å². The molecule has 1 saturated carbocycles. The van der Waals surface area contributed by atoms with Crippen molar-refractivity contribution in [1.82, 2.24) is 4.98 Å². The van der Waals surface area contributed by atoms with Gasteiger partial charge in [0.2, 0.25) is 0 Å². The number of methoxy groups -OCH3 is 1. The Hall–Kier alpha value is -1.82. The van der Waals surface area contributed by atoms with Crippen LogP contribution in [0.25, 0.3) is 0 Å². The molecule has 1 aliphatic rings. The summed E-state index contributed by atoms with van der Waals surface area (Å²) in [4.78, 5) is 15.2. The fraction of sp³-hybridized carbons (Fsp3) is 0.538. The molecule has 5 N–H and O–H groups in total. The van der Waals surface area contributed by atoms with Crippen molar-refractivity contribution < 1.29 is 9.53 Å². The molecule has 0 spiro atoms. The predicted octanol–water partition coefficient (Wildman–Crippen LogP) is 0.991. The fourth-order valence-corrected chi connectivity index (χ4v) is 2.03. The lowest BCUT2D eigenvalue weighted by atomic mass is 10.0. The molecule has 0 radical (unpaired) electrons. The van der Waals surface area contributed by atoms with E-state index in [2.05, 4.69) is 10.3 Å². The molecule has 0 aromatic carbocycles. The van der Waals surface area contributed by atoms with Crippen molar-refractivity contribution in [3.63, 3.8) is 0 Å². The van der Waals surface area contributed by atoms with Gasteiger partial charge in [-0.1, -0.05) is 0 Å². The average Bonchev–Trinajstić information content (AvgIpc) is 3.16. The predicted molar refractivity (Wildman–Crippen MR) is 73.8 cm³/mol. The lowest BCUT2D eigenvalue weighted by molar-refractivity contribution is 0.0996. The number of carbonyl (C=O) groups is 1. The van der Waals surface area contributed by atoms with Gasteiger partial charge in [0, 0.05) is 20.3 Å². The smallest absolute Gasteiger partial charge is 0.267 e. The highest BCUT2D eigenvalue weighted by Crippen LogP contribution is 2.48. The summed E-state index contributed by atoms with van der Waals surface area (Å²) in [5.74, 6) is -0.0245. The van der Waals surface area contributed by atoms with Crippen LogP contribution in [0.5, 0.6) is 0 Å². The SMILES string of the molecule is COCCC1(CNc2nc(C(N)=O)ccc2N)CC1. The minimum absolute atomic E-state index is 0.221. The number of nitrogens with zero attached hydrogens (tertiary/aromatic N) is 1. The lowest BCUT2D eigenvalue weighted by Crippen LogP contribution is -2.20. The molecule has 6 heteroatoms. The molecule has 1 aliphatic carbocycles. The second-order valence-electron chi connectivity index (χ2n) is 5.09. The number of rotatable bonds is 7. The number of ether oxygens (including phenoxy) is 1. The second-order valence-corrected chi connectivity index (χ2v) is 5.09. The van der Waals surface area contributed by atoms with Gasteiger partial charge < -0.3 is 21.5 Å². The van der Waals surface area contributed by atoms with Gasteiger partial charge in [0.15, 0.2) is 0 Å². The first-order chi connectivity index (χ1) is 9.06. The summed E-state index contributed by atoms with van der Waals surface area (Å²) in [6.07, 6.45) is 3.38. The van der Waals surface area contributed by atoms with Crippen molar-refractivity contribution in [3.05, 3.63) is 17.8 Å². The van der Waals surface area contributed by atoms with Crippen molar-refractivity contribution in [2.45, 2.75) is 19.3 Å². The van der Waals surface area contributed by atoms with Crippen molar-refractivity contribution in [3.8, 4) is 0 Å². The third-order valence-electron chi connectivity index (χ3n) is 3.60. The third kappa shape index (κ3) is 3.35. The lowest BCUT2D eigenvalue weighted by Gasteiger charge is -2.17. The van der Waals surface area contributed by atoms with E-state index < -0.39 is 5.91 Å². The maximum atomic E-state index is 11.1. The van der Waals surface area contributed by atoms with E-state index >= 15 is 0 Å². The molecule has 1 aromatic heterocycles. The minimum atomic E-state index is -0.552. The van der Waals surface area contributed by atoms with E-state index in [-0.39, 0.29) is 11.1 Å². The maximum Gasteiger partial charge on any atom is 0.267 e. The number of nitrogens with one attached hydrogen (secondary N) is 1. The molecule has 0 unspecified atom stereocenters. The van der Waals surface area contributed by atoms with Crippen molar-refractivity contribution in [2.75, 3.05) is 31.3 Å². The number of nitrogens with two attached hydrogens (primary N) is 2. The summed E-state index contributed by atoms with van der Waals surface area (Å²) >= 11 is 0. The summed E-state index contributed by atoms with van der Waals surface area (Å²) < 4.78 is 5.11. The summed E-state index contributed by atoms with van der Waals surface area (Å²) in [5, 5.41) is 3.22. The summed E-state index contributed by atoms with van der Waals surface area (Å²) in [6.45, 7) is 1.54. The average molecular weight is 264 g/mol. The highest BCUT2D eigenvalue weighted by atomic mass is 16.5. The van der Waals surface area contributed by atoms with Crippen LogP contribution in [-0.4, -0.2) is 31.2 Å². The zero-order chi connectivity index (χ0) is 13.9. The summed E-state index contributed by atoms with van der Waals surface area (Å²) in [5.41, 5.74) is 12.1. The van der Waals surface area contributed by atoms with E-state index in [0.717, 1.165) is 19.6 Å². The number of hydrogen-bond acceptors (Lipinski definition) is 5. The Balaban J connectivity index is 1.99. The molecule has 0 aliphatic heterocycles. The normalized spacial score (nSPS) is 16.1. The Morgan fingerprint density at radius 1 is 1.53 bits per heavy atom. The van der Waals surface area contributed by atoms with Crippen LogP contribution in [0.3, 0.4) is 0 Å². The van der Waals surface area contributed by atoms with E-state index in [4.69, 9.17) is 16.2 Å². The number of carbonyl (C=O) groups excluding carboxylic acids is 1. The molecular weight excluding hydrogens is 244 g/mol. The second kappa shape index (κ2) is 5.44. The van der Waals surface area contributed by atoms with Crippen LogP contribution in [0, 0.1) is 5.41 Å². The molecular formula is C13H20N4O2. The van der Waals surface area contributed by atoms with Crippen LogP contribution < -0.4 is 16.8 Å². The molecule has 1 aromatic rings. The van der Waals surface area contributed by atoms with Gasteiger partial charge in [-0.25, -0.2) is 4.98 Å². The fourth-order valence-electron chi connectivity index (χ4n) is 2.03. The first-order valence-corrected chi connectivity index (χ1v) is 6.35. The highest BCUT2D eigenvalue weighted by Gasteiger charge is 2.41. The Morgan fingerprint density at radius 2 is 2.26 bits per heavy atom.